The number of oxime groups is 1. The molecule has 4 heteroatoms. The van der Waals surface area contributed by atoms with Crippen molar-refractivity contribution in [1.82, 2.24) is 9.97 Å². The Hall–Kier alpha value is -1.32. The first kappa shape index (κ1) is 5.81. The highest BCUT2D eigenvalue weighted by Crippen LogP contribution is 1.83. The van der Waals surface area contributed by atoms with Crippen molar-refractivity contribution in [3.8, 4) is 0 Å². The summed E-state index contributed by atoms with van der Waals surface area (Å²) in [6, 6.07) is 0. The van der Waals surface area contributed by atoms with Crippen molar-refractivity contribution in [3.05, 3.63) is 18.2 Å². The SMILES string of the molecule is CO/N=C/c1cnc[nH]1. The van der Waals surface area contributed by atoms with Gasteiger partial charge in [0.05, 0.1) is 24.4 Å². The molecule has 0 aliphatic heterocycles. The fourth-order valence-electron chi connectivity index (χ4n) is 0.447. The second-order valence-corrected chi connectivity index (χ2v) is 1.42. The number of nitrogens with one attached hydrogen (secondary N) is 1. The van der Waals surface area contributed by atoms with Crippen LogP contribution in [0.3, 0.4) is 0 Å². The minimum atomic E-state index is 0.830. The first-order valence-corrected chi connectivity index (χ1v) is 2.48. The van der Waals surface area contributed by atoms with Gasteiger partial charge in [0.1, 0.15) is 7.11 Å². The Morgan fingerprint density at radius 1 is 1.89 bits per heavy atom. The van der Waals surface area contributed by atoms with Crippen LogP contribution in [0, 0.1) is 0 Å². The first-order valence-electron chi connectivity index (χ1n) is 2.48. The molecule has 1 aromatic heterocycles. The van der Waals surface area contributed by atoms with Crippen LogP contribution in [0.2, 0.25) is 0 Å². The molecule has 0 atom stereocenters. The summed E-state index contributed by atoms with van der Waals surface area (Å²) in [5, 5.41) is 3.52. The number of aromatic amines is 1. The quantitative estimate of drug-likeness (QED) is 0.459. The maximum atomic E-state index is 4.44. The predicted molar refractivity (Wildman–Crippen MR) is 33.2 cm³/mol. The highest BCUT2D eigenvalue weighted by atomic mass is 16.6. The van der Waals surface area contributed by atoms with Crippen LogP contribution in [0.25, 0.3) is 0 Å². The summed E-state index contributed by atoms with van der Waals surface area (Å²) in [7, 11) is 1.49. The normalized spacial score (nSPS) is 10.3. The van der Waals surface area contributed by atoms with Gasteiger partial charge in [-0.15, -0.1) is 0 Å². The van der Waals surface area contributed by atoms with Gasteiger partial charge in [0.2, 0.25) is 0 Å². The highest BCUT2D eigenvalue weighted by Gasteiger charge is 1.83. The van der Waals surface area contributed by atoms with E-state index in [4.69, 9.17) is 0 Å². The van der Waals surface area contributed by atoms with E-state index < -0.39 is 0 Å². The van der Waals surface area contributed by atoms with Gasteiger partial charge in [-0.25, -0.2) is 4.98 Å². The molecule has 1 heterocycles. The van der Waals surface area contributed by atoms with E-state index >= 15 is 0 Å². The number of hydrogen-bond acceptors (Lipinski definition) is 3. The lowest BCUT2D eigenvalue weighted by molar-refractivity contribution is 0.215. The Labute approximate surface area is 52.6 Å². The van der Waals surface area contributed by atoms with E-state index in [0.717, 1.165) is 5.69 Å². The van der Waals surface area contributed by atoms with Crippen LogP contribution in [-0.2, 0) is 4.84 Å². The van der Waals surface area contributed by atoms with Gasteiger partial charge in [-0.1, -0.05) is 5.16 Å². The Balaban J connectivity index is 2.57. The predicted octanol–water partition coefficient (Wildman–Crippen LogP) is 0.390. The van der Waals surface area contributed by atoms with Crippen LogP contribution in [0.1, 0.15) is 5.69 Å². The van der Waals surface area contributed by atoms with Gasteiger partial charge in [0, 0.05) is 0 Å². The molecular formula is C5H7N3O. The van der Waals surface area contributed by atoms with E-state index in [1.165, 1.54) is 7.11 Å². The molecule has 0 aliphatic carbocycles. The van der Waals surface area contributed by atoms with Crippen molar-refractivity contribution < 1.29 is 4.84 Å². The molecule has 0 spiro atoms. The van der Waals surface area contributed by atoms with Crippen LogP contribution < -0.4 is 0 Å². The third kappa shape index (κ3) is 1.56. The minimum absolute atomic E-state index is 0.830. The van der Waals surface area contributed by atoms with Gasteiger partial charge in [-0.2, -0.15) is 0 Å². The van der Waals surface area contributed by atoms with Gasteiger partial charge in [-0.3, -0.25) is 0 Å². The lowest BCUT2D eigenvalue weighted by Gasteiger charge is -1.81. The standard InChI is InChI=1S/C5H7N3O/c1-9-8-3-5-2-6-4-7-5/h2-4H,1H3,(H,6,7)/b8-3+. The molecule has 0 saturated heterocycles. The Morgan fingerprint density at radius 2 is 2.78 bits per heavy atom. The van der Waals surface area contributed by atoms with Gasteiger partial charge < -0.3 is 9.82 Å². The van der Waals surface area contributed by atoms with Crippen LogP contribution >= 0.6 is 0 Å². The molecule has 48 valence electrons. The number of H-pyrrole nitrogens is 1. The maximum Gasteiger partial charge on any atom is 0.106 e. The summed E-state index contributed by atoms with van der Waals surface area (Å²) in [5.41, 5.74) is 0.830. The number of nitrogens with zero attached hydrogens (tertiary/aromatic N) is 2. The average Bonchev–Trinajstić information content (AvgIpc) is 2.34. The molecule has 0 amide bonds. The summed E-state index contributed by atoms with van der Waals surface area (Å²) in [6.45, 7) is 0. The second kappa shape index (κ2) is 2.86. The van der Waals surface area contributed by atoms with Crippen LogP contribution in [-0.4, -0.2) is 23.3 Å². The van der Waals surface area contributed by atoms with Gasteiger partial charge in [-0.05, 0) is 0 Å². The molecule has 0 saturated carbocycles. The molecule has 0 aromatic carbocycles. The van der Waals surface area contributed by atoms with Crippen molar-refractivity contribution in [2.45, 2.75) is 0 Å². The molecule has 0 unspecified atom stereocenters. The summed E-state index contributed by atoms with van der Waals surface area (Å²) < 4.78 is 0. The molecule has 0 fully saturated rings. The Bertz CT molecular complexity index is 180. The van der Waals surface area contributed by atoms with Crippen LogP contribution in [0.15, 0.2) is 17.7 Å². The molecule has 9 heavy (non-hydrogen) atoms. The summed E-state index contributed by atoms with van der Waals surface area (Å²) >= 11 is 0. The zero-order valence-corrected chi connectivity index (χ0v) is 5.03. The van der Waals surface area contributed by atoms with Gasteiger partial charge >= 0.3 is 0 Å². The van der Waals surface area contributed by atoms with Crippen LogP contribution in [0.4, 0.5) is 0 Å². The molecule has 0 bridgehead atoms. The highest BCUT2D eigenvalue weighted by molar-refractivity contribution is 5.75. The lowest BCUT2D eigenvalue weighted by Crippen LogP contribution is -1.78. The lowest BCUT2D eigenvalue weighted by atomic mass is 10.5. The van der Waals surface area contributed by atoms with E-state index in [0.29, 0.717) is 0 Å². The summed E-state index contributed by atoms with van der Waals surface area (Å²) in [6.07, 6.45) is 4.78. The smallest absolute Gasteiger partial charge is 0.106 e. The monoisotopic (exact) mass is 125 g/mol. The van der Waals surface area contributed by atoms with E-state index in [2.05, 4.69) is 20.0 Å². The van der Waals surface area contributed by atoms with Gasteiger partial charge in [0.25, 0.3) is 0 Å². The Kier molecular flexibility index (Phi) is 1.85. The van der Waals surface area contributed by atoms with E-state index in [9.17, 15) is 0 Å². The topological polar surface area (TPSA) is 50.3 Å². The van der Waals surface area contributed by atoms with Gasteiger partial charge in [0.15, 0.2) is 0 Å². The zero-order chi connectivity index (χ0) is 6.53. The number of rotatable bonds is 2. The van der Waals surface area contributed by atoms with Crippen molar-refractivity contribution in [2.75, 3.05) is 7.11 Å². The maximum absolute atomic E-state index is 4.44. The minimum Gasteiger partial charge on any atom is -0.399 e. The van der Waals surface area contributed by atoms with Crippen molar-refractivity contribution in [2.24, 2.45) is 5.16 Å². The Morgan fingerprint density at radius 3 is 3.33 bits per heavy atom. The zero-order valence-electron chi connectivity index (χ0n) is 5.03. The molecular weight excluding hydrogens is 118 g/mol. The van der Waals surface area contributed by atoms with Crippen molar-refractivity contribution in [3.63, 3.8) is 0 Å². The fourth-order valence-corrected chi connectivity index (χ4v) is 0.447. The largest absolute Gasteiger partial charge is 0.399 e. The summed E-state index contributed by atoms with van der Waals surface area (Å²) in [4.78, 5) is 11.0. The average molecular weight is 125 g/mol. The number of hydrogen-bond donors (Lipinski definition) is 1. The molecule has 1 aromatic rings. The van der Waals surface area contributed by atoms with E-state index in [1.807, 2.05) is 0 Å². The van der Waals surface area contributed by atoms with Crippen molar-refractivity contribution >= 4 is 6.21 Å². The first-order chi connectivity index (χ1) is 4.43. The molecule has 4 nitrogen and oxygen atoms in total. The molecule has 1 rings (SSSR count). The third-order valence-electron chi connectivity index (χ3n) is 0.817. The van der Waals surface area contributed by atoms with E-state index in [1.54, 1.807) is 18.7 Å². The van der Waals surface area contributed by atoms with Crippen molar-refractivity contribution in [1.29, 1.82) is 0 Å². The molecule has 1 N–H and O–H groups in total. The number of aromatic nitrogens is 2. The van der Waals surface area contributed by atoms with E-state index in [-0.39, 0.29) is 0 Å². The second-order valence-electron chi connectivity index (χ2n) is 1.42. The number of imidazole rings is 1. The molecule has 0 radical (unpaired) electrons. The van der Waals surface area contributed by atoms with Crippen LogP contribution in [0.5, 0.6) is 0 Å². The third-order valence-corrected chi connectivity index (χ3v) is 0.817. The molecule has 0 aliphatic rings. The fraction of sp³-hybridized carbons (Fsp3) is 0.200. The summed E-state index contributed by atoms with van der Waals surface area (Å²) in [5.74, 6) is 0.